The van der Waals surface area contributed by atoms with E-state index >= 15 is 0 Å². The SMILES string of the molecule is CCCCCCCCC[P+](CCCCCCC)(CCCCCCC)CCCCCCCCC.[Cl-]. The van der Waals surface area contributed by atoms with Crippen LogP contribution in [0, 0.1) is 0 Å². The van der Waals surface area contributed by atoms with Gasteiger partial charge >= 0.3 is 0 Å². The van der Waals surface area contributed by atoms with E-state index in [0.29, 0.717) is 0 Å². The summed E-state index contributed by atoms with van der Waals surface area (Å²) in [5.74, 6) is 0. The highest BCUT2D eigenvalue weighted by Crippen LogP contribution is 2.61. The van der Waals surface area contributed by atoms with Gasteiger partial charge in [-0.25, -0.2) is 0 Å². The van der Waals surface area contributed by atoms with Gasteiger partial charge in [-0.3, -0.25) is 0 Å². The highest BCUT2D eigenvalue weighted by molar-refractivity contribution is 7.75. The topological polar surface area (TPSA) is 0 Å². The zero-order chi connectivity index (χ0) is 24.3. The molecular formula is C32H68ClP. The Hall–Kier alpha value is 0.720. The van der Waals surface area contributed by atoms with Crippen molar-refractivity contribution in [1.29, 1.82) is 0 Å². The third-order valence-electron chi connectivity index (χ3n) is 7.94. The average molecular weight is 519 g/mol. The summed E-state index contributed by atoms with van der Waals surface area (Å²) in [5.41, 5.74) is 0. The van der Waals surface area contributed by atoms with Crippen LogP contribution < -0.4 is 12.4 Å². The Balaban J connectivity index is 0. The zero-order valence-electron chi connectivity index (χ0n) is 24.6. The van der Waals surface area contributed by atoms with Crippen LogP contribution in [0.4, 0.5) is 0 Å². The summed E-state index contributed by atoms with van der Waals surface area (Å²) >= 11 is 0. The summed E-state index contributed by atoms with van der Waals surface area (Å²) in [6.45, 7) is 9.39. The van der Waals surface area contributed by atoms with Crippen LogP contribution in [0.25, 0.3) is 0 Å². The molecule has 0 saturated heterocycles. The molecule has 0 heterocycles. The summed E-state index contributed by atoms with van der Waals surface area (Å²) in [7, 11) is -0.716. The molecule has 0 aliphatic carbocycles. The lowest BCUT2D eigenvalue weighted by Gasteiger charge is -2.28. The molecule has 2 heteroatoms. The van der Waals surface area contributed by atoms with Crippen molar-refractivity contribution in [2.45, 2.75) is 182 Å². The summed E-state index contributed by atoms with van der Waals surface area (Å²) in [6.07, 6.45) is 42.1. The quantitative estimate of drug-likeness (QED) is 0.0714. The highest BCUT2D eigenvalue weighted by Gasteiger charge is 2.34. The van der Waals surface area contributed by atoms with Crippen molar-refractivity contribution in [3.05, 3.63) is 0 Å². The molecule has 208 valence electrons. The molecule has 0 spiro atoms. The third-order valence-corrected chi connectivity index (χ3v) is 13.0. The fraction of sp³-hybridized carbons (Fsp3) is 1.00. The van der Waals surface area contributed by atoms with Crippen LogP contribution in [-0.4, -0.2) is 24.6 Å². The van der Waals surface area contributed by atoms with Crippen LogP contribution in [0.5, 0.6) is 0 Å². The summed E-state index contributed by atoms with van der Waals surface area (Å²) in [5, 5.41) is 0. The lowest BCUT2D eigenvalue weighted by Crippen LogP contribution is -3.00. The first-order chi connectivity index (χ1) is 16.2. The predicted octanol–water partition coefficient (Wildman–Crippen LogP) is 9.45. The van der Waals surface area contributed by atoms with Crippen molar-refractivity contribution in [3.8, 4) is 0 Å². The Bertz CT molecular complexity index is 323. The average Bonchev–Trinajstić information content (AvgIpc) is 2.82. The van der Waals surface area contributed by atoms with Crippen LogP contribution in [0.1, 0.15) is 182 Å². The molecular weight excluding hydrogens is 451 g/mol. The van der Waals surface area contributed by atoms with Crippen LogP contribution in [-0.2, 0) is 0 Å². The molecule has 0 radical (unpaired) electrons. The van der Waals surface area contributed by atoms with Crippen molar-refractivity contribution in [3.63, 3.8) is 0 Å². The lowest BCUT2D eigenvalue weighted by molar-refractivity contribution is -0.00000755. The van der Waals surface area contributed by atoms with E-state index in [1.54, 1.807) is 50.3 Å². The van der Waals surface area contributed by atoms with Crippen LogP contribution in [0.3, 0.4) is 0 Å². The molecule has 0 N–H and O–H groups in total. The van der Waals surface area contributed by atoms with Gasteiger partial charge in [0, 0.05) is 7.26 Å². The van der Waals surface area contributed by atoms with Gasteiger partial charge in [-0.1, -0.05) is 130 Å². The molecule has 0 aromatic carbocycles. The minimum absolute atomic E-state index is 0. The van der Waals surface area contributed by atoms with Gasteiger partial charge in [0.15, 0.2) is 0 Å². The van der Waals surface area contributed by atoms with Crippen molar-refractivity contribution in [1.82, 2.24) is 0 Å². The number of hydrogen-bond donors (Lipinski definition) is 0. The maximum atomic E-state index is 2.36. The maximum absolute atomic E-state index is 2.36. The minimum atomic E-state index is -0.716. The minimum Gasteiger partial charge on any atom is -1.00 e. The fourth-order valence-electron chi connectivity index (χ4n) is 5.58. The first-order valence-electron chi connectivity index (χ1n) is 16.1. The second-order valence-electron chi connectivity index (χ2n) is 11.3. The number of rotatable bonds is 28. The Morgan fingerprint density at radius 3 is 0.647 bits per heavy atom. The molecule has 0 atom stereocenters. The van der Waals surface area contributed by atoms with Crippen LogP contribution in [0.2, 0.25) is 0 Å². The summed E-state index contributed by atoms with van der Waals surface area (Å²) in [6, 6.07) is 0. The van der Waals surface area contributed by atoms with Crippen LogP contribution in [0.15, 0.2) is 0 Å². The van der Waals surface area contributed by atoms with Crippen molar-refractivity contribution in [2.24, 2.45) is 0 Å². The van der Waals surface area contributed by atoms with E-state index in [9.17, 15) is 0 Å². The van der Waals surface area contributed by atoms with Gasteiger partial charge in [0.25, 0.3) is 0 Å². The Kier molecular flexibility index (Phi) is 32.5. The molecule has 0 aliphatic rings. The zero-order valence-corrected chi connectivity index (χ0v) is 26.3. The molecule has 0 aromatic rings. The number of halogens is 1. The highest BCUT2D eigenvalue weighted by atomic mass is 35.5. The summed E-state index contributed by atoms with van der Waals surface area (Å²) in [4.78, 5) is 0. The Morgan fingerprint density at radius 1 is 0.265 bits per heavy atom. The smallest absolute Gasteiger partial charge is 0.0594 e. The van der Waals surface area contributed by atoms with Crippen molar-refractivity contribution < 1.29 is 12.4 Å². The van der Waals surface area contributed by atoms with E-state index in [-0.39, 0.29) is 12.4 Å². The van der Waals surface area contributed by atoms with Crippen molar-refractivity contribution in [2.75, 3.05) is 24.6 Å². The molecule has 0 nitrogen and oxygen atoms in total. The molecule has 0 rings (SSSR count). The molecule has 0 bridgehead atoms. The first-order valence-corrected chi connectivity index (χ1v) is 18.6. The molecule has 0 saturated carbocycles. The molecule has 0 amide bonds. The van der Waals surface area contributed by atoms with E-state index in [2.05, 4.69) is 27.7 Å². The molecule has 34 heavy (non-hydrogen) atoms. The predicted molar refractivity (Wildman–Crippen MR) is 160 cm³/mol. The van der Waals surface area contributed by atoms with Gasteiger partial charge in [0.2, 0.25) is 0 Å². The van der Waals surface area contributed by atoms with E-state index in [1.807, 2.05) is 0 Å². The van der Waals surface area contributed by atoms with Gasteiger partial charge in [-0.05, 0) is 51.4 Å². The van der Waals surface area contributed by atoms with E-state index in [1.165, 1.54) is 128 Å². The van der Waals surface area contributed by atoms with E-state index in [0.717, 1.165) is 0 Å². The Morgan fingerprint density at radius 2 is 0.441 bits per heavy atom. The number of hydrogen-bond acceptors (Lipinski definition) is 0. The second kappa shape index (κ2) is 29.9. The molecule has 0 aromatic heterocycles. The summed E-state index contributed by atoms with van der Waals surface area (Å²) < 4.78 is 0. The van der Waals surface area contributed by atoms with Crippen molar-refractivity contribution >= 4 is 7.26 Å². The fourth-order valence-corrected chi connectivity index (χ4v) is 10.5. The van der Waals surface area contributed by atoms with Gasteiger partial charge in [-0.15, -0.1) is 0 Å². The normalized spacial score (nSPS) is 11.6. The van der Waals surface area contributed by atoms with Gasteiger partial charge < -0.3 is 12.4 Å². The largest absolute Gasteiger partial charge is 1.00 e. The molecule has 0 aliphatic heterocycles. The van der Waals surface area contributed by atoms with E-state index in [4.69, 9.17) is 0 Å². The van der Waals surface area contributed by atoms with Gasteiger partial charge in [-0.2, -0.15) is 0 Å². The molecule has 0 fully saturated rings. The van der Waals surface area contributed by atoms with Crippen LogP contribution >= 0.6 is 7.26 Å². The third kappa shape index (κ3) is 24.4. The molecule has 0 unspecified atom stereocenters. The maximum Gasteiger partial charge on any atom is 0.0594 e. The monoisotopic (exact) mass is 518 g/mol. The lowest BCUT2D eigenvalue weighted by atomic mass is 10.1. The number of unbranched alkanes of at least 4 members (excludes halogenated alkanes) is 20. The van der Waals surface area contributed by atoms with Gasteiger partial charge in [0.1, 0.15) is 0 Å². The van der Waals surface area contributed by atoms with Gasteiger partial charge in [0.05, 0.1) is 24.6 Å². The van der Waals surface area contributed by atoms with E-state index < -0.39 is 7.26 Å². The second-order valence-corrected chi connectivity index (χ2v) is 15.8. The Labute approximate surface area is 225 Å². The first kappa shape index (κ1) is 36.9. The standard InChI is InChI=1S/C32H68P.ClH/c1-5-9-13-17-19-23-27-31-33(29-25-21-15-11-7-3,30-26-22-16-12-8-4)32-28-24-20-18-14-10-6-2;/h5-32H2,1-4H3;1H/q+1;/p-1.